The van der Waals surface area contributed by atoms with E-state index in [2.05, 4.69) is 0 Å². The van der Waals surface area contributed by atoms with Crippen LogP contribution in [0.5, 0.6) is 11.5 Å². The minimum absolute atomic E-state index is 0.0180. The predicted octanol–water partition coefficient (Wildman–Crippen LogP) is -0.0338. The van der Waals surface area contributed by atoms with Gasteiger partial charge in [-0.1, -0.05) is 0 Å². The zero-order valence-corrected chi connectivity index (χ0v) is 15.3. The van der Waals surface area contributed by atoms with Crippen LogP contribution in [0, 0.1) is 0 Å². The lowest BCUT2D eigenvalue weighted by molar-refractivity contribution is -0.137. The summed E-state index contributed by atoms with van der Waals surface area (Å²) in [5.74, 6) is -1.61. The first-order valence-electron chi connectivity index (χ1n) is 7.27. The van der Waals surface area contributed by atoms with Crippen LogP contribution in [-0.2, 0) is 24.7 Å². The summed E-state index contributed by atoms with van der Waals surface area (Å²) in [6, 6.07) is 3.07. The minimum atomic E-state index is -4.29. The Morgan fingerprint density at radius 2 is 2.00 bits per heavy atom. The number of carboxylic acid groups (broad SMARTS) is 1. The van der Waals surface area contributed by atoms with Gasteiger partial charge in [0.15, 0.2) is 9.84 Å². The van der Waals surface area contributed by atoms with Gasteiger partial charge in [-0.05, 0) is 18.6 Å². The van der Waals surface area contributed by atoms with E-state index in [1.807, 2.05) is 0 Å². The molecule has 1 aliphatic heterocycles. The van der Waals surface area contributed by atoms with Gasteiger partial charge in [0.05, 0.1) is 25.7 Å². The molecule has 1 N–H and O–H groups in total. The molecule has 9 nitrogen and oxygen atoms in total. The molecule has 0 amide bonds. The number of nitrogens with zero attached hydrogens (tertiary/aromatic N) is 1. The second kappa shape index (κ2) is 7.18. The van der Waals surface area contributed by atoms with Crippen molar-refractivity contribution in [2.45, 2.75) is 17.4 Å². The Labute approximate surface area is 146 Å². The Kier molecular flexibility index (Phi) is 5.59. The smallest absolute Gasteiger partial charge is 0.318 e. The molecular weight excluding hydrogens is 374 g/mol. The number of sulfone groups is 1. The van der Waals surface area contributed by atoms with Crippen LogP contribution in [0.2, 0.25) is 0 Å². The number of carbonyl (C=O) groups is 1. The average molecular weight is 393 g/mol. The molecule has 1 saturated heterocycles. The van der Waals surface area contributed by atoms with Gasteiger partial charge in [-0.2, -0.15) is 4.31 Å². The first-order chi connectivity index (χ1) is 11.6. The third-order valence-corrected chi connectivity index (χ3v) is 7.55. The van der Waals surface area contributed by atoms with Crippen molar-refractivity contribution >= 4 is 25.8 Å². The lowest BCUT2D eigenvalue weighted by atomic mass is 10.2. The normalized spacial score (nSPS) is 19.7. The summed E-state index contributed by atoms with van der Waals surface area (Å²) >= 11 is 0. The van der Waals surface area contributed by atoms with Gasteiger partial charge in [-0.25, -0.2) is 16.8 Å². The Morgan fingerprint density at radius 1 is 1.32 bits per heavy atom. The second-order valence-electron chi connectivity index (χ2n) is 5.52. The maximum absolute atomic E-state index is 13.0. The third kappa shape index (κ3) is 4.22. The summed E-state index contributed by atoms with van der Waals surface area (Å²) in [6.07, 6.45) is 0.0489. The van der Waals surface area contributed by atoms with Crippen LogP contribution in [-0.4, -0.2) is 70.5 Å². The topological polar surface area (TPSA) is 127 Å². The molecule has 1 fully saturated rings. The molecule has 1 atom stereocenters. The Balaban J connectivity index is 2.50. The highest BCUT2D eigenvalue weighted by Gasteiger charge is 2.40. The number of benzene rings is 1. The molecule has 0 radical (unpaired) electrons. The number of hydrogen-bond donors (Lipinski definition) is 1. The fourth-order valence-electron chi connectivity index (χ4n) is 2.66. The van der Waals surface area contributed by atoms with Crippen molar-refractivity contribution in [2.24, 2.45) is 0 Å². The van der Waals surface area contributed by atoms with Gasteiger partial charge in [-0.3, -0.25) is 4.79 Å². The fourth-order valence-corrected chi connectivity index (χ4v) is 6.23. The molecule has 0 spiro atoms. The van der Waals surface area contributed by atoms with E-state index in [-0.39, 0.29) is 22.8 Å². The van der Waals surface area contributed by atoms with Crippen LogP contribution in [0.3, 0.4) is 0 Å². The van der Waals surface area contributed by atoms with E-state index in [0.29, 0.717) is 10.1 Å². The highest BCUT2D eigenvalue weighted by molar-refractivity contribution is 7.92. The fraction of sp³-hybridized carbons (Fsp3) is 0.500. The Morgan fingerprint density at radius 3 is 2.48 bits per heavy atom. The average Bonchev–Trinajstić information content (AvgIpc) is 2.91. The maximum atomic E-state index is 13.0. The van der Waals surface area contributed by atoms with Crippen molar-refractivity contribution in [3.8, 4) is 11.5 Å². The van der Waals surface area contributed by atoms with E-state index in [1.54, 1.807) is 0 Å². The number of sulfonamides is 1. The SMILES string of the molecule is COc1ccc(S(=O)(=O)N(CC(=O)O)[C@@H]2CCS(=O)(=O)C2)c(OC)c1. The van der Waals surface area contributed by atoms with E-state index in [4.69, 9.17) is 14.6 Å². The van der Waals surface area contributed by atoms with E-state index >= 15 is 0 Å². The molecule has 0 saturated carbocycles. The van der Waals surface area contributed by atoms with Gasteiger partial charge in [0.25, 0.3) is 0 Å². The lowest BCUT2D eigenvalue weighted by Gasteiger charge is -2.26. The summed E-state index contributed by atoms with van der Waals surface area (Å²) in [7, 11) is -5.01. The largest absolute Gasteiger partial charge is 0.497 e. The molecule has 140 valence electrons. The molecule has 25 heavy (non-hydrogen) atoms. The van der Waals surface area contributed by atoms with Gasteiger partial charge in [0.1, 0.15) is 22.9 Å². The third-order valence-electron chi connectivity index (χ3n) is 3.86. The molecule has 0 aromatic heterocycles. The standard InChI is InChI=1S/C14H19NO8S2/c1-22-11-3-4-13(12(7-11)23-2)25(20,21)15(8-14(16)17)10-5-6-24(18,19)9-10/h3-4,7,10H,5-6,8-9H2,1-2H3,(H,16,17)/t10-/m1/s1. The van der Waals surface area contributed by atoms with Crippen LogP contribution < -0.4 is 9.47 Å². The molecule has 0 aliphatic carbocycles. The molecule has 2 rings (SSSR count). The quantitative estimate of drug-likeness (QED) is 0.684. The molecule has 0 bridgehead atoms. The number of ether oxygens (including phenoxy) is 2. The van der Waals surface area contributed by atoms with Crippen LogP contribution in [0.1, 0.15) is 6.42 Å². The summed E-state index contributed by atoms with van der Waals surface area (Å²) < 4.78 is 60.2. The number of aliphatic carboxylic acids is 1. The summed E-state index contributed by atoms with van der Waals surface area (Å²) in [5.41, 5.74) is 0. The van der Waals surface area contributed by atoms with E-state index < -0.39 is 44.2 Å². The van der Waals surface area contributed by atoms with Crippen LogP contribution in [0.15, 0.2) is 23.1 Å². The zero-order valence-electron chi connectivity index (χ0n) is 13.7. The van der Waals surface area contributed by atoms with Crippen molar-refractivity contribution in [3.63, 3.8) is 0 Å². The Hall–Kier alpha value is -1.85. The van der Waals surface area contributed by atoms with Crippen LogP contribution >= 0.6 is 0 Å². The van der Waals surface area contributed by atoms with Crippen LogP contribution in [0.4, 0.5) is 0 Å². The predicted molar refractivity (Wildman–Crippen MR) is 88.1 cm³/mol. The number of carboxylic acids is 1. The zero-order chi connectivity index (χ0) is 18.8. The summed E-state index contributed by atoms with van der Waals surface area (Å²) in [5, 5.41) is 9.09. The molecule has 0 unspecified atom stereocenters. The van der Waals surface area contributed by atoms with Gasteiger partial charge in [0.2, 0.25) is 10.0 Å². The van der Waals surface area contributed by atoms with E-state index in [0.717, 1.165) is 0 Å². The number of rotatable bonds is 7. The van der Waals surface area contributed by atoms with Gasteiger partial charge < -0.3 is 14.6 Å². The number of methoxy groups -OCH3 is 2. The molecule has 1 heterocycles. The highest BCUT2D eigenvalue weighted by atomic mass is 32.2. The Bertz CT molecular complexity index is 863. The van der Waals surface area contributed by atoms with E-state index in [9.17, 15) is 21.6 Å². The maximum Gasteiger partial charge on any atom is 0.318 e. The van der Waals surface area contributed by atoms with Crippen LogP contribution in [0.25, 0.3) is 0 Å². The van der Waals surface area contributed by atoms with Crippen molar-refractivity contribution in [1.29, 1.82) is 0 Å². The molecule has 1 aromatic rings. The van der Waals surface area contributed by atoms with Crippen molar-refractivity contribution in [2.75, 3.05) is 32.3 Å². The highest BCUT2D eigenvalue weighted by Crippen LogP contribution is 2.33. The molecule has 1 aromatic carbocycles. The van der Waals surface area contributed by atoms with Crippen molar-refractivity contribution < 1.29 is 36.2 Å². The monoisotopic (exact) mass is 393 g/mol. The van der Waals surface area contributed by atoms with Crippen molar-refractivity contribution in [1.82, 2.24) is 4.31 Å². The molecular formula is C14H19NO8S2. The van der Waals surface area contributed by atoms with Gasteiger partial charge in [-0.15, -0.1) is 0 Å². The molecule has 1 aliphatic rings. The molecule has 11 heteroatoms. The summed E-state index contributed by atoms with van der Waals surface area (Å²) in [6.45, 7) is -0.836. The second-order valence-corrected chi connectivity index (χ2v) is 9.61. The first-order valence-corrected chi connectivity index (χ1v) is 10.5. The number of hydrogen-bond acceptors (Lipinski definition) is 7. The van der Waals surface area contributed by atoms with Gasteiger partial charge in [0, 0.05) is 12.1 Å². The minimum Gasteiger partial charge on any atom is -0.497 e. The summed E-state index contributed by atoms with van der Waals surface area (Å²) in [4.78, 5) is 10.9. The van der Waals surface area contributed by atoms with Crippen molar-refractivity contribution in [3.05, 3.63) is 18.2 Å². The first kappa shape index (κ1) is 19.5. The van der Waals surface area contributed by atoms with E-state index in [1.165, 1.54) is 32.4 Å². The van der Waals surface area contributed by atoms with Gasteiger partial charge >= 0.3 is 5.97 Å². The lowest BCUT2D eigenvalue weighted by Crippen LogP contribution is -2.44.